The minimum absolute atomic E-state index is 0.0795. The molecule has 1 aromatic heterocycles. The first-order chi connectivity index (χ1) is 11.5. The van der Waals surface area contributed by atoms with Crippen LogP contribution in [0.25, 0.3) is 0 Å². The van der Waals surface area contributed by atoms with E-state index in [0.29, 0.717) is 17.8 Å². The van der Waals surface area contributed by atoms with Crippen molar-refractivity contribution in [1.29, 1.82) is 0 Å². The van der Waals surface area contributed by atoms with Crippen molar-refractivity contribution in [2.45, 2.75) is 19.9 Å². The van der Waals surface area contributed by atoms with Crippen molar-refractivity contribution in [1.82, 2.24) is 15.7 Å². The predicted octanol–water partition coefficient (Wildman–Crippen LogP) is 1.60. The molecule has 0 aliphatic rings. The molecule has 0 unspecified atom stereocenters. The smallest absolute Gasteiger partial charge is 0.271 e. The van der Waals surface area contributed by atoms with Crippen LogP contribution in [-0.4, -0.2) is 27.6 Å². The highest BCUT2D eigenvalue weighted by molar-refractivity contribution is 6.01. The van der Waals surface area contributed by atoms with Crippen molar-refractivity contribution in [3.63, 3.8) is 0 Å². The summed E-state index contributed by atoms with van der Waals surface area (Å²) in [5.41, 5.74) is 4.12. The molecule has 7 nitrogen and oxygen atoms in total. The van der Waals surface area contributed by atoms with Crippen molar-refractivity contribution in [3.05, 3.63) is 59.9 Å². The van der Waals surface area contributed by atoms with E-state index < -0.39 is 5.91 Å². The van der Waals surface area contributed by atoms with Crippen LogP contribution in [0.5, 0.6) is 5.75 Å². The average Bonchev–Trinajstić information content (AvgIpc) is 2.59. The van der Waals surface area contributed by atoms with Gasteiger partial charge < -0.3 is 10.4 Å². The maximum absolute atomic E-state index is 11.8. The topological polar surface area (TPSA) is 104 Å². The second-order valence-corrected chi connectivity index (χ2v) is 5.15. The van der Waals surface area contributed by atoms with Gasteiger partial charge in [0.1, 0.15) is 5.75 Å². The summed E-state index contributed by atoms with van der Waals surface area (Å²) in [6.07, 6.45) is 3.42. The number of carbonyl (C=O) groups excluding carboxylic acids is 2. The zero-order valence-corrected chi connectivity index (χ0v) is 13.2. The van der Waals surface area contributed by atoms with Gasteiger partial charge in [-0.2, -0.15) is 5.10 Å². The Bertz CT molecular complexity index is 727. The Kier molecular flexibility index (Phi) is 6.01. The van der Waals surface area contributed by atoms with Crippen LogP contribution in [0.4, 0.5) is 0 Å². The third-order valence-electron chi connectivity index (χ3n) is 3.11. The van der Waals surface area contributed by atoms with Gasteiger partial charge in [-0.25, -0.2) is 5.43 Å². The maximum Gasteiger partial charge on any atom is 0.271 e. The normalized spacial score (nSPS) is 11.0. The first-order valence-corrected chi connectivity index (χ1v) is 7.33. The van der Waals surface area contributed by atoms with E-state index in [1.54, 1.807) is 25.4 Å². The van der Waals surface area contributed by atoms with Gasteiger partial charge in [-0.05, 0) is 42.8 Å². The molecule has 0 fully saturated rings. The predicted molar refractivity (Wildman–Crippen MR) is 89.4 cm³/mol. The second-order valence-electron chi connectivity index (χ2n) is 5.15. The van der Waals surface area contributed by atoms with E-state index in [9.17, 15) is 14.7 Å². The Morgan fingerprint density at radius 2 is 1.96 bits per heavy atom. The van der Waals surface area contributed by atoms with Crippen molar-refractivity contribution >= 4 is 17.5 Å². The number of hydrogen-bond donors (Lipinski definition) is 3. The number of phenols is 1. The average molecular weight is 326 g/mol. The number of nitrogens with zero attached hydrogens (tertiary/aromatic N) is 2. The second kappa shape index (κ2) is 8.42. The molecule has 7 heteroatoms. The Morgan fingerprint density at radius 1 is 1.21 bits per heavy atom. The highest BCUT2D eigenvalue weighted by Crippen LogP contribution is 2.09. The highest BCUT2D eigenvalue weighted by Gasteiger charge is 2.06. The Balaban J connectivity index is 1.79. The Labute approximate surface area is 139 Å². The van der Waals surface area contributed by atoms with Crippen molar-refractivity contribution < 1.29 is 14.7 Å². The van der Waals surface area contributed by atoms with E-state index in [1.165, 1.54) is 24.3 Å². The van der Waals surface area contributed by atoms with E-state index in [-0.39, 0.29) is 18.1 Å². The molecule has 0 spiro atoms. The maximum atomic E-state index is 11.8. The lowest BCUT2D eigenvalue weighted by Crippen LogP contribution is -2.26. The monoisotopic (exact) mass is 326 g/mol. The summed E-state index contributed by atoms with van der Waals surface area (Å²) in [6, 6.07) is 9.46. The number of hydrazone groups is 1. The number of benzene rings is 1. The van der Waals surface area contributed by atoms with Crippen molar-refractivity contribution in [3.8, 4) is 5.75 Å². The minimum Gasteiger partial charge on any atom is -0.508 e. The third-order valence-corrected chi connectivity index (χ3v) is 3.11. The number of aromatic hydroxyl groups is 1. The number of pyridine rings is 1. The molecule has 3 N–H and O–H groups in total. The standard InChI is InChI=1S/C17H18N4O3/c1-12(9-16(23)19-11-13-3-2-8-18-10-13)20-21-17(24)14-4-6-15(22)7-5-14/h2-8,10,22H,9,11H2,1H3,(H,19,23)(H,21,24)/b20-12+. The van der Waals surface area contributed by atoms with E-state index in [1.807, 2.05) is 6.07 Å². The number of rotatable bonds is 6. The molecule has 24 heavy (non-hydrogen) atoms. The van der Waals surface area contributed by atoms with Crippen LogP contribution < -0.4 is 10.7 Å². The Hall–Kier alpha value is -3.22. The van der Waals surface area contributed by atoms with Crippen LogP contribution in [-0.2, 0) is 11.3 Å². The molecule has 0 aliphatic carbocycles. The highest BCUT2D eigenvalue weighted by atomic mass is 16.3. The van der Waals surface area contributed by atoms with Crippen LogP contribution >= 0.6 is 0 Å². The molecule has 2 amide bonds. The van der Waals surface area contributed by atoms with E-state index in [2.05, 4.69) is 20.8 Å². The first-order valence-electron chi connectivity index (χ1n) is 7.33. The number of aromatic nitrogens is 1. The molecule has 0 saturated heterocycles. The Morgan fingerprint density at radius 3 is 2.62 bits per heavy atom. The summed E-state index contributed by atoms with van der Waals surface area (Å²) in [4.78, 5) is 27.6. The molecule has 0 bridgehead atoms. The molecule has 0 saturated carbocycles. The van der Waals surface area contributed by atoms with Gasteiger partial charge in [0, 0.05) is 30.2 Å². The fourth-order valence-electron chi connectivity index (χ4n) is 1.86. The van der Waals surface area contributed by atoms with E-state index in [0.717, 1.165) is 5.56 Å². The van der Waals surface area contributed by atoms with Gasteiger partial charge in [-0.1, -0.05) is 6.07 Å². The first kappa shape index (κ1) is 17.1. The molecule has 0 atom stereocenters. The van der Waals surface area contributed by atoms with Crippen LogP contribution in [0, 0.1) is 0 Å². The fourth-order valence-corrected chi connectivity index (χ4v) is 1.86. The van der Waals surface area contributed by atoms with Gasteiger partial charge in [0.2, 0.25) is 5.91 Å². The molecule has 0 aliphatic heterocycles. The lowest BCUT2D eigenvalue weighted by Gasteiger charge is -2.05. The lowest BCUT2D eigenvalue weighted by atomic mass is 10.2. The molecule has 1 heterocycles. The van der Waals surface area contributed by atoms with Crippen molar-refractivity contribution in [2.24, 2.45) is 5.10 Å². The summed E-state index contributed by atoms with van der Waals surface area (Å²) in [5, 5.41) is 15.8. The molecule has 0 radical (unpaired) electrons. The molecule has 2 rings (SSSR count). The van der Waals surface area contributed by atoms with Gasteiger partial charge in [0.25, 0.3) is 5.91 Å². The minimum atomic E-state index is -0.412. The van der Waals surface area contributed by atoms with Gasteiger partial charge in [0.05, 0.1) is 6.42 Å². The summed E-state index contributed by atoms with van der Waals surface area (Å²) in [6.45, 7) is 2.04. The van der Waals surface area contributed by atoms with Crippen LogP contribution in [0.1, 0.15) is 29.3 Å². The van der Waals surface area contributed by atoms with Gasteiger partial charge in [-0.3, -0.25) is 14.6 Å². The molecular formula is C17H18N4O3. The van der Waals surface area contributed by atoms with Gasteiger partial charge >= 0.3 is 0 Å². The zero-order chi connectivity index (χ0) is 17.4. The van der Waals surface area contributed by atoms with Crippen molar-refractivity contribution in [2.75, 3.05) is 0 Å². The largest absolute Gasteiger partial charge is 0.508 e. The lowest BCUT2D eigenvalue weighted by molar-refractivity contribution is -0.120. The number of carbonyl (C=O) groups is 2. The van der Waals surface area contributed by atoms with Gasteiger partial charge in [0.15, 0.2) is 0 Å². The zero-order valence-electron chi connectivity index (χ0n) is 13.2. The summed E-state index contributed by atoms with van der Waals surface area (Å²) >= 11 is 0. The molecular weight excluding hydrogens is 308 g/mol. The fraction of sp³-hybridized carbons (Fsp3) is 0.176. The van der Waals surface area contributed by atoms with E-state index in [4.69, 9.17) is 0 Å². The molecule has 2 aromatic rings. The number of amides is 2. The van der Waals surface area contributed by atoms with Crippen LogP contribution in [0.2, 0.25) is 0 Å². The quantitative estimate of drug-likeness (QED) is 0.554. The van der Waals surface area contributed by atoms with Crippen LogP contribution in [0.3, 0.4) is 0 Å². The third kappa shape index (κ3) is 5.53. The number of phenolic OH excluding ortho intramolecular Hbond substituents is 1. The summed E-state index contributed by atoms with van der Waals surface area (Å²) in [7, 11) is 0. The number of hydrogen-bond acceptors (Lipinski definition) is 5. The van der Waals surface area contributed by atoms with Gasteiger partial charge in [-0.15, -0.1) is 0 Å². The summed E-state index contributed by atoms with van der Waals surface area (Å²) < 4.78 is 0. The molecule has 124 valence electrons. The SMILES string of the molecule is C/C(CC(=O)NCc1cccnc1)=N\NC(=O)c1ccc(O)cc1. The summed E-state index contributed by atoms with van der Waals surface area (Å²) in [5.74, 6) is -0.527. The van der Waals surface area contributed by atoms with E-state index >= 15 is 0 Å². The number of nitrogens with one attached hydrogen (secondary N) is 2. The molecule has 1 aromatic carbocycles. The van der Waals surface area contributed by atoms with Crippen LogP contribution in [0.15, 0.2) is 53.9 Å².